The number of hydrogen-bond donors (Lipinski definition) is 1. The Kier molecular flexibility index (Phi) is 6.48. The number of hydrogen-bond acceptors (Lipinski definition) is 3. The molecule has 0 saturated heterocycles. The maximum Gasteiger partial charge on any atom is 0.387 e. The molecular formula is C16H21F2NO4. The summed E-state index contributed by atoms with van der Waals surface area (Å²) in [7, 11) is 0. The molecule has 0 unspecified atom stereocenters. The van der Waals surface area contributed by atoms with Gasteiger partial charge in [0.25, 0.3) is 5.91 Å². The molecule has 1 rings (SSSR count). The molecule has 0 heterocycles. The molecule has 0 spiro atoms. The second-order valence-electron chi connectivity index (χ2n) is 5.55. The largest absolute Gasteiger partial charge is 0.481 e. The van der Waals surface area contributed by atoms with Crippen LogP contribution < -0.4 is 4.74 Å². The number of amides is 1. The summed E-state index contributed by atoms with van der Waals surface area (Å²) < 4.78 is 29.3. The first-order valence-electron chi connectivity index (χ1n) is 7.22. The minimum absolute atomic E-state index is 0.0539. The lowest BCUT2D eigenvalue weighted by molar-refractivity contribution is -0.137. The maximum atomic E-state index is 12.6. The predicted octanol–water partition coefficient (Wildman–Crippen LogP) is 3.23. The number of benzene rings is 1. The van der Waals surface area contributed by atoms with Crippen LogP contribution in [0.4, 0.5) is 8.78 Å². The zero-order valence-electron chi connectivity index (χ0n) is 13.6. The molecule has 1 amide bonds. The number of carbonyl (C=O) groups is 2. The number of carboxylic acid groups (broad SMARTS) is 1. The van der Waals surface area contributed by atoms with Gasteiger partial charge in [0.1, 0.15) is 5.75 Å². The van der Waals surface area contributed by atoms with E-state index >= 15 is 0 Å². The highest BCUT2D eigenvalue weighted by atomic mass is 19.3. The average Bonchev–Trinajstić information content (AvgIpc) is 2.41. The van der Waals surface area contributed by atoms with Crippen LogP contribution in [0.2, 0.25) is 0 Å². The van der Waals surface area contributed by atoms with E-state index in [0.29, 0.717) is 16.7 Å². The van der Waals surface area contributed by atoms with E-state index in [4.69, 9.17) is 5.11 Å². The summed E-state index contributed by atoms with van der Waals surface area (Å²) in [4.78, 5) is 24.7. The number of aryl methyl sites for hydroxylation is 2. The van der Waals surface area contributed by atoms with Crippen molar-refractivity contribution in [2.75, 3.05) is 6.54 Å². The van der Waals surface area contributed by atoms with E-state index < -0.39 is 12.6 Å². The third-order valence-electron chi connectivity index (χ3n) is 3.36. The first-order chi connectivity index (χ1) is 10.6. The van der Waals surface area contributed by atoms with E-state index in [0.717, 1.165) is 0 Å². The van der Waals surface area contributed by atoms with E-state index in [2.05, 4.69) is 4.74 Å². The van der Waals surface area contributed by atoms with Crippen molar-refractivity contribution in [1.82, 2.24) is 4.90 Å². The summed E-state index contributed by atoms with van der Waals surface area (Å²) in [6.45, 7) is 3.88. The van der Waals surface area contributed by atoms with Crippen LogP contribution in [0.1, 0.15) is 41.8 Å². The van der Waals surface area contributed by atoms with E-state index in [-0.39, 0.29) is 30.7 Å². The van der Waals surface area contributed by atoms with E-state index in [9.17, 15) is 18.4 Å². The summed E-state index contributed by atoms with van der Waals surface area (Å²) in [6.07, 6.45) is -0.158. The van der Waals surface area contributed by atoms with Gasteiger partial charge >= 0.3 is 12.6 Å². The Morgan fingerprint density at radius 2 is 1.74 bits per heavy atom. The number of ether oxygens (including phenoxy) is 1. The molecule has 23 heavy (non-hydrogen) atoms. The molecule has 0 aromatic heterocycles. The van der Waals surface area contributed by atoms with Gasteiger partial charge in [-0.1, -0.05) is 0 Å². The fourth-order valence-corrected chi connectivity index (χ4v) is 2.32. The lowest BCUT2D eigenvalue weighted by atomic mass is 10.0. The highest BCUT2D eigenvalue weighted by Gasteiger charge is 2.21. The second kappa shape index (κ2) is 7.89. The minimum atomic E-state index is -2.93. The van der Waals surface area contributed by atoms with Crippen molar-refractivity contribution in [2.45, 2.75) is 46.8 Å². The molecule has 0 fully saturated rings. The Balaban J connectivity index is 3.08. The third kappa shape index (κ3) is 5.19. The number of carboxylic acids is 1. The van der Waals surface area contributed by atoms with Crippen LogP contribution in [0.25, 0.3) is 0 Å². The topological polar surface area (TPSA) is 66.8 Å². The van der Waals surface area contributed by atoms with Crippen molar-refractivity contribution in [3.8, 4) is 5.75 Å². The average molecular weight is 329 g/mol. The monoisotopic (exact) mass is 329 g/mol. The van der Waals surface area contributed by atoms with Crippen molar-refractivity contribution in [3.63, 3.8) is 0 Å². The molecule has 0 aliphatic rings. The Morgan fingerprint density at radius 1 is 1.22 bits per heavy atom. The van der Waals surface area contributed by atoms with E-state index in [1.54, 1.807) is 27.7 Å². The zero-order valence-corrected chi connectivity index (χ0v) is 13.6. The fourth-order valence-electron chi connectivity index (χ4n) is 2.32. The van der Waals surface area contributed by atoms with Crippen LogP contribution in [-0.2, 0) is 4.79 Å². The molecule has 1 aromatic carbocycles. The molecule has 0 aliphatic carbocycles. The molecule has 0 radical (unpaired) electrons. The van der Waals surface area contributed by atoms with Crippen LogP contribution in [0, 0.1) is 13.8 Å². The van der Waals surface area contributed by atoms with Crippen LogP contribution in [0.15, 0.2) is 12.1 Å². The lowest BCUT2D eigenvalue weighted by Crippen LogP contribution is -2.38. The van der Waals surface area contributed by atoms with E-state index in [1.165, 1.54) is 17.0 Å². The molecule has 0 atom stereocenters. The van der Waals surface area contributed by atoms with E-state index in [1.807, 2.05) is 0 Å². The third-order valence-corrected chi connectivity index (χ3v) is 3.36. The fraction of sp³-hybridized carbons (Fsp3) is 0.500. The molecule has 1 aromatic rings. The summed E-state index contributed by atoms with van der Waals surface area (Å²) >= 11 is 0. The maximum absolute atomic E-state index is 12.6. The van der Waals surface area contributed by atoms with Gasteiger partial charge in [-0.05, 0) is 51.0 Å². The van der Waals surface area contributed by atoms with Gasteiger partial charge in [-0.2, -0.15) is 8.78 Å². The normalized spacial score (nSPS) is 11.0. The van der Waals surface area contributed by atoms with Gasteiger partial charge in [0.05, 0.1) is 6.42 Å². The van der Waals surface area contributed by atoms with Gasteiger partial charge in [-0.25, -0.2) is 0 Å². The quantitative estimate of drug-likeness (QED) is 0.834. The molecule has 1 N–H and O–H groups in total. The van der Waals surface area contributed by atoms with Crippen molar-refractivity contribution in [1.29, 1.82) is 0 Å². The molecule has 0 saturated carbocycles. The SMILES string of the molecule is Cc1cc(C(=O)N(CCC(=O)O)C(C)C)cc(C)c1OC(F)F. The molecule has 0 bridgehead atoms. The summed E-state index contributed by atoms with van der Waals surface area (Å²) in [6, 6.07) is 2.77. The number of rotatable bonds is 7. The van der Waals surface area contributed by atoms with Crippen molar-refractivity contribution in [3.05, 3.63) is 28.8 Å². The van der Waals surface area contributed by atoms with Crippen LogP contribution in [0.5, 0.6) is 5.75 Å². The smallest absolute Gasteiger partial charge is 0.387 e. The zero-order chi connectivity index (χ0) is 17.7. The summed E-state index contributed by atoms with van der Waals surface area (Å²) in [5.74, 6) is -1.27. The number of aliphatic carboxylic acids is 1. The minimum Gasteiger partial charge on any atom is -0.481 e. The van der Waals surface area contributed by atoms with Gasteiger partial charge in [-0.3, -0.25) is 9.59 Å². The lowest BCUT2D eigenvalue weighted by Gasteiger charge is -2.27. The second-order valence-corrected chi connectivity index (χ2v) is 5.55. The highest BCUT2D eigenvalue weighted by Crippen LogP contribution is 2.27. The Bertz CT molecular complexity index is 564. The van der Waals surface area contributed by atoms with Crippen molar-refractivity contribution < 1.29 is 28.2 Å². The van der Waals surface area contributed by atoms with Gasteiger partial charge in [0.15, 0.2) is 0 Å². The first-order valence-corrected chi connectivity index (χ1v) is 7.22. The van der Waals surface area contributed by atoms with Crippen LogP contribution in [0.3, 0.4) is 0 Å². The van der Waals surface area contributed by atoms with Gasteiger partial charge in [-0.15, -0.1) is 0 Å². The Morgan fingerprint density at radius 3 is 2.13 bits per heavy atom. The molecule has 5 nitrogen and oxygen atoms in total. The molecule has 7 heteroatoms. The van der Waals surface area contributed by atoms with Gasteiger partial charge in [0, 0.05) is 18.2 Å². The molecule has 0 aliphatic heterocycles. The van der Waals surface area contributed by atoms with Gasteiger partial charge < -0.3 is 14.7 Å². The summed E-state index contributed by atoms with van der Waals surface area (Å²) in [5.41, 5.74) is 1.17. The van der Waals surface area contributed by atoms with Gasteiger partial charge in [0.2, 0.25) is 0 Å². The molecular weight excluding hydrogens is 308 g/mol. The number of alkyl halides is 2. The van der Waals surface area contributed by atoms with Crippen molar-refractivity contribution in [2.24, 2.45) is 0 Å². The molecule has 128 valence electrons. The standard InChI is InChI=1S/C16H21F2NO4/c1-9(2)19(6-5-13(20)21)15(22)12-7-10(3)14(11(4)8-12)23-16(17)18/h7-9,16H,5-6H2,1-4H3,(H,20,21). The number of halogens is 2. The Hall–Kier alpha value is -2.18. The Labute approximate surface area is 133 Å². The van der Waals surface area contributed by atoms with Crippen LogP contribution in [-0.4, -0.2) is 41.1 Å². The van der Waals surface area contributed by atoms with Crippen molar-refractivity contribution >= 4 is 11.9 Å². The highest BCUT2D eigenvalue weighted by molar-refractivity contribution is 5.95. The summed E-state index contributed by atoms with van der Waals surface area (Å²) in [5, 5.41) is 8.78. The number of nitrogens with zero attached hydrogens (tertiary/aromatic N) is 1. The van der Waals surface area contributed by atoms with Crippen LogP contribution >= 0.6 is 0 Å². The predicted molar refractivity (Wildman–Crippen MR) is 81.0 cm³/mol. The number of carbonyl (C=O) groups excluding carboxylic acids is 1. The first kappa shape index (κ1) is 18.9.